The molecule has 2 aromatic heterocycles. The Hall–Kier alpha value is -3.08. The van der Waals surface area contributed by atoms with Gasteiger partial charge < -0.3 is 14.3 Å². The maximum absolute atomic E-state index is 12.2. The Bertz CT molecular complexity index is 1060. The number of carbonyl (C=O) groups excluding carboxylic acids is 1. The van der Waals surface area contributed by atoms with Crippen LogP contribution in [0.25, 0.3) is 21.8 Å². The van der Waals surface area contributed by atoms with Crippen molar-refractivity contribution in [2.24, 2.45) is 0 Å². The quantitative estimate of drug-likeness (QED) is 0.610. The van der Waals surface area contributed by atoms with Crippen molar-refractivity contribution in [3.8, 4) is 0 Å². The normalized spacial score (nSPS) is 11.2. The Labute approximate surface area is 138 Å². The minimum absolute atomic E-state index is 0.273. The lowest BCUT2D eigenvalue weighted by molar-refractivity contribution is 0.102. The summed E-state index contributed by atoms with van der Waals surface area (Å²) in [6.07, 6.45) is 1.37. The lowest BCUT2D eigenvalue weighted by Gasteiger charge is -2.05. The molecule has 4 aromatic rings. The molecule has 5 nitrogen and oxygen atoms in total. The molecule has 0 radical (unpaired) electrons. The number of hydrogen-bond donors (Lipinski definition) is 1. The first kappa shape index (κ1) is 14.5. The molecule has 1 N–H and O–H groups in total. The van der Waals surface area contributed by atoms with Crippen molar-refractivity contribution in [2.75, 3.05) is 5.32 Å². The lowest BCUT2D eigenvalue weighted by Crippen LogP contribution is -2.12. The third-order valence-corrected chi connectivity index (χ3v) is 4.20. The van der Waals surface area contributed by atoms with Gasteiger partial charge in [0.2, 0.25) is 0 Å². The predicted molar refractivity (Wildman–Crippen MR) is 94.3 cm³/mol. The summed E-state index contributed by atoms with van der Waals surface area (Å²) in [7, 11) is 0. The van der Waals surface area contributed by atoms with Crippen LogP contribution >= 0.6 is 0 Å². The maximum Gasteiger partial charge on any atom is 0.277 e. The van der Waals surface area contributed by atoms with E-state index in [0.717, 1.165) is 23.1 Å². The Morgan fingerprint density at radius 2 is 1.96 bits per heavy atom. The molecule has 0 saturated heterocycles. The van der Waals surface area contributed by atoms with E-state index in [9.17, 15) is 4.79 Å². The van der Waals surface area contributed by atoms with Gasteiger partial charge >= 0.3 is 0 Å². The topological polar surface area (TPSA) is 60.1 Å². The highest BCUT2D eigenvalue weighted by atomic mass is 16.3. The van der Waals surface area contributed by atoms with Gasteiger partial charge in [0.15, 0.2) is 11.6 Å². The van der Waals surface area contributed by atoms with Crippen molar-refractivity contribution < 1.29 is 9.21 Å². The van der Waals surface area contributed by atoms with Gasteiger partial charge in [-0.2, -0.15) is 0 Å². The second kappa shape index (κ2) is 5.53. The molecule has 0 unspecified atom stereocenters. The largest absolute Gasteiger partial charge is 0.448 e. The highest BCUT2D eigenvalue weighted by molar-refractivity contribution is 6.10. The highest BCUT2D eigenvalue weighted by Crippen LogP contribution is 2.31. The van der Waals surface area contributed by atoms with E-state index in [1.165, 1.54) is 17.2 Å². The van der Waals surface area contributed by atoms with Crippen LogP contribution in [0.3, 0.4) is 0 Å². The Morgan fingerprint density at radius 3 is 2.71 bits per heavy atom. The molecule has 0 aliphatic heterocycles. The standard InChI is InChI=1S/C19H17N3O2/c1-3-22-17-7-5-4-6-14(17)15-10-13(8-9-18(15)22)21-19(23)16-11-24-12(2)20-16/h4-11H,3H2,1-2H3,(H,21,23). The monoisotopic (exact) mass is 319 g/mol. The maximum atomic E-state index is 12.2. The third kappa shape index (κ3) is 2.25. The number of aryl methyl sites for hydroxylation is 2. The minimum atomic E-state index is -0.273. The Balaban J connectivity index is 1.78. The SMILES string of the molecule is CCn1c2ccccc2c2cc(NC(=O)c3coc(C)n3)ccc21. The van der Waals surface area contributed by atoms with Crippen molar-refractivity contribution in [2.45, 2.75) is 20.4 Å². The number of benzene rings is 2. The fourth-order valence-corrected chi connectivity index (χ4v) is 3.13. The van der Waals surface area contributed by atoms with E-state index in [1.807, 2.05) is 30.3 Å². The summed E-state index contributed by atoms with van der Waals surface area (Å²) in [5, 5.41) is 5.19. The van der Waals surface area contributed by atoms with Crippen LogP contribution in [0.4, 0.5) is 5.69 Å². The molecule has 24 heavy (non-hydrogen) atoms. The molecule has 0 atom stereocenters. The van der Waals surface area contributed by atoms with E-state index >= 15 is 0 Å². The number of oxazole rings is 1. The number of anilines is 1. The van der Waals surface area contributed by atoms with Crippen LogP contribution in [-0.2, 0) is 6.54 Å². The highest BCUT2D eigenvalue weighted by Gasteiger charge is 2.13. The summed E-state index contributed by atoms with van der Waals surface area (Å²) >= 11 is 0. The molecule has 4 rings (SSSR count). The molecule has 0 bridgehead atoms. The summed E-state index contributed by atoms with van der Waals surface area (Å²) in [5.74, 6) is 0.201. The van der Waals surface area contributed by atoms with Crippen LogP contribution < -0.4 is 5.32 Å². The zero-order chi connectivity index (χ0) is 16.7. The molecule has 0 fully saturated rings. The van der Waals surface area contributed by atoms with Gasteiger partial charge in [-0.15, -0.1) is 0 Å². The van der Waals surface area contributed by atoms with Gasteiger partial charge in [0, 0.05) is 41.0 Å². The number of fused-ring (bicyclic) bond motifs is 3. The van der Waals surface area contributed by atoms with Crippen molar-refractivity contribution in [1.82, 2.24) is 9.55 Å². The lowest BCUT2D eigenvalue weighted by atomic mass is 10.1. The van der Waals surface area contributed by atoms with Gasteiger partial charge in [-0.1, -0.05) is 18.2 Å². The van der Waals surface area contributed by atoms with Crippen molar-refractivity contribution in [3.63, 3.8) is 0 Å². The molecule has 1 amide bonds. The number of amides is 1. The zero-order valence-corrected chi connectivity index (χ0v) is 13.5. The summed E-state index contributed by atoms with van der Waals surface area (Å²) in [6.45, 7) is 4.74. The first-order valence-electron chi connectivity index (χ1n) is 7.92. The average Bonchev–Trinajstić information content (AvgIpc) is 3.16. The van der Waals surface area contributed by atoms with Gasteiger partial charge in [-0.3, -0.25) is 4.79 Å². The molecule has 120 valence electrons. The van der Waals surface area contributed by atoms with Crippen LogP contribution in [-0.4, -0.2) is 15.5 Å². The number of nitrogens with zero attached hydrogens (tertiary/aromatic N) is 2. The Morgan fingerprint density at radius 1 is 1.17 bits per heavy atom. The smallest absolute Gasteiger partial charge is 0.277 e. The predicted octanol–water partition coefficient (Wildman–Crippen LogP) is 4.36. The van der Waals surface area contributed by atoms with Gasteiger partial charge in [0.1, 0.15) is 6.26 Å². The van der Waals surface area contributed by atoms with Gasteiger partial charge in [0.25, 0.3) is 5.91 Å². The van der Waals surface area contributed by atoms with Gasteiger partial charge in [-0.25, -0.2) is 4.98 Å². The molecule has 0 saturated carbocycles. The first-order valence-corrected chi connectivity index (χ1v) is 7.92. The molecule has 0 aliphatic carbocycles. The molecule has 0 spiro atoms. The third-order valence-electron chi connectivity index (χ3n) is 4.20. The Kier molecular flexibility index (Phi) is 3.34. The van der Waals surface area contributed by atoms with E-state index in [2.05, 4.69) is 33.9 Å². The van der Waals surface area contributed by atoms with E-state index in [0.29, 0.717) is 5.89 Å². The van der Waals surface area contributed by atoms with Gasteiger partial charge in [-0.05, 0) is 31.2 Å². The number of hydrogen-bond acceptors (Lipinski definition) is 3. The van der Waals surface area contributed by atoms with E-state index < -0.39 is 0 Å². The van der Waals surface area contributed by atoms with Crippen molar-refractivity contribution >= 4 is 33.4 Å². The second-order valence-electron chi connectivity index (χ2n) is 5.70. The molecule has 2 aromatic carbocycles. The van der Waals surface area contributed by atoms with Crippen LogP contribution in [0.2, 0.25) is 0 Å². The van der Waals surface area contributed by atoms with Crippen molar-refractivity contribution in [1.29, 1.82) is 0 Å². The molecular weight excluding hydrogens is 302 g/mol. The minimum Gasteiger partial charge on any atom is -0.448 e. The molecule has 5 heteroatoms. The van der Waals surface area contributed by atoms with E-state index in [-0.39, 0.29) is 11.6 Å². The number of para-hydroxylation sites is 1. The number of rotatable bonds is 3. The molecule has 0 aliphatic rings. The van der Waals surface area contributed by atoms with Crippen LogP contribution in [0.1, 0.15) is 23.3 Å². The van der Waals surface area contributed by atoms with E-state index in [4.69, 9.17) is 4.42 Å². The van der Waals surface area contributed by atoms with E-state index in [1.54, 1.807) is 6.92 Å². The number of nitrogens with one attached hydrogen (secondary N) is 1. The number of carbonyl (C=O) groups is 1. The average molecular weight is 319 g/mol. The second-order valence-corrected chi connectivity index (χ2v) is 5.70. The number of aromatic nitrogens is 2. The summed E-state index contributed by atoms with van der Waals surface area (Å²) < 4.78 is 7.37. The summed E-state index contributed by atoms with van der Waals surface area (Å²) in [4.78, 5) is 16.3. The molecule has 2 heterocycles. The fraction of sp³-hybridized carbons (Fsp3) is 0.158. The van der Waals surface area contributed by atoms with Crippen LogP contribution in [0.15, 0.2) is 53.1 Å². The molecular formula is C19H17N3O2. The van der Waals surface area contributed by atoms with Crippen LogP contribution in [0, 0.1) is 6.92 Å². The van der Waals surface area contributed by atoms with Crippen molar-refractivity contribution in [3.05, 3.63) is 60.3 Å². The fourth-order valence-electron chi connectivity index (χ4n) is 3.13. The summed E-state index contributed by atoms with van der Waals surface area (Å²) in [5.41, 5.74) is 3.38. The zero-order valence-electron chi connectivity index (χ0n) is 13.5. The first-order chi connectivity index (χ1) is 11.7. The van der Waals surface area contributed by atoms with Gasteiger partial charge in [0.05, 0.1) is 0 Å². The van der Waals surface area contributed by atoms with Crippen LogP contribution in [0.5, 0.6) is 0 Å². The summed E-state index contributed by atoms with van der Waals surface area (Å²) in [6, 6.07) is 14.3.